The minimum Gasteiger partial charge on any atom is -0.380 e. The van der Waals surface area contributed by atoms with Crippen molar-refractivity contribution in [2.45, 2.75) is 45.9 Å². The van der Waals surface area contributed by atoms with Crippen LogP contribution in [0.4, 0.5) is 0 Å². The molecular weight excluding hydrogens is 126 g/mol. The van der Waals surface area contributed by atoms with Gasteiger partial charge in [0.05, 0.1) is 6.10 Å². The van der Waals surface area contributed by atoms with Crippen LogP contribution < -0.4 is 5.32 Å². The van der Waals surface area contributed by atoms with E-state index in [0.29, 0.717) is 18.2 Å². The van der Waals surface area contributed by atoms with E-state index in [1.807, 2.05) is 0 Å². The molecule has 0 radical (unpaired) electrons. The maximum Gasteiger partial charge on any atom is 0.0693 e. The molecule has 0 spiro atoms. The minimum absolute atomic E-state index is 0.294. The van der Waals surface area contributed by atoms with Crippen molar-refractivity contribution in [1.29, 1.82) is 0 Å². The highest BCUT2D eigenvalue weighted by Crippen LogP contribution is 1.96. The van der Waals surface area contributed by atoms with Crippen molar-refractivity contribution in [3.63, 3.8) is 0 Å². The summed E-state index contributed by atoms with van der Waals surface area (Å²) < 4.78 is 5.15. The quantitative estimate of drug-likeness (QED) is 0.645. The highest BCUT2D eigenvalue weighted by Gasteiger charge is 2.10. The maximum atomic E-state index is 5.15. The standard InChI is InChI=1S/C8H19NO/c1-6(2)9-7(3)8(4)10-5/h6-9H,1-5H3/t7-,8-/m1/s1. The third-order valence-corrected chi connectivity index (χ3v) is 1.67. The largest absolute Gasteiger partial charge is 0.380 e. The number of ether oxygens (including phenoxy) is 1. The van der Waals surface area contributed by atoms with Gasteiger partial charge in [-0.25, -0.2) is 0 Å². The Bertz CT molecular complexity index is 83.3. The molecular formula is C8H19NO. The molecule has 0 fully saturated rings. The molecule has 0 bridgehead atoms. The van der Waals surface area contributed by atoms with Crippen LogP contribution in [0.1, 0.15) is 27.7 Å². The van der Waals surface area contributed by atoms with E-state index in [4.69, 9.17) is 4.74 Å². The second-order valence-electron chi connectivity index (χ2n) is 3.05. The first kappa shape index (κ1) is 9.92. The highest BCUT2D eigenvalue weighted by atomic mass is 16.5. The lowest BCUT2D eigenvalue weighted by Gasteiger charge is -2.21. The number of rotatable bonds is 4. The third-order valence-electron chi connectivity index (χ3n) is 1.67. The van der Waals surface area contributed by atoms with Crippen LogP contribution in [0.3, 0.4) is 0 Å². The third kappa shape index (κ3) is 3.85. The molecule has 10 heavy (non-hydrogen) atoms. The molecule has 2 nitrogen and oxygen atoms in total. The van der Waals surface area contributed by atoms with Gasteiger partial charge in [0.2, 0.25) is 0 Å². The van der Waals surface area contributed by atoms with Gasteiger partial charge in [0.1, 0.15) is 0 Å². The molecule has 0 saturated heterocycles. The molecule has 0 saturated carbocycles. The van der Waals surface area contributed by atoms with E-state index in [2.05, 4.69) is 33.0 Å². The Morgan fingerprint density at radius 1 is 1.10 bits per heavy atom. The fraction of sp³-hybridized carbons (Fsp3) is 1.00. The van der Waals surface area contributed by atoms with Crippen molar-refractivity contribution in [1.82, 2.24) is 5.32 Å². The monoisotopic (exact) mass is 145 g/mol. The number of hydrogen-bond acceptors (Lipinski definition) is 2. The molecule has 0 aromatic rings. The van der Waals surface area contributed by atoms with Crippen molar-refractivity contribution < 1.29 is 4.74 Å². The zero-order chi connectivity index (χ0) is 8.15. The van der Waals surface area contributed by atoms with Gasteiger partial charge in [-0.2, -0.15) is 0 Å². The van der Waals surface area contributed by atoms with Gasteiger partial charge in [0.15, 0.2) is 0 Å². The Morgan fingerprint density at radius 3 is 1.90 bits per heavy atom. The number of nitrogens with one attached hydrogen (secondary N) is 1. The molecule has 0 aliphatic carbocycles. The van der Waals surface area contributed by atoms with E-state index < -0.39 is 0 Å². The Kier molecular flexibility index (Phi) is 4.65. The molecule has 2 atom stereocenters. The Morgan fingerprint density at radius 2 is 1.60 bits per heavy atom. The summed E-state index contributed by atoms with van der Waals surface area (Å²) in [4.78, 5) is 0. The van der Waals surface area contributed by atoms with E-state index in [9.17, 15) is 0 Å². The highest BCUT2D eigenvalue weighted by molar-refractivity contribution is 4.69. The number of methoxy groups -OCH3 is 1. The predicted molar refractivity (Wildman–Crippen MR) is 44.2 cm³/mol. The molecule has 0 aliphatic heterocycles. The summed E-state index contributed by atoms with van der Waals surface area (Å²) in [7, 11) is 1.74. The van der Waals surface area contributed by atoms with E-state index in [0.717, 1.165) is 0 Å². The summed E-state index contributed by atoms with van der Waals surface area (Å²) in [6, 6.07) is 0.970. The fourth-order valence-electron chi connectivity index (χ4n) is 0.865. The van der Waals surface area contributed by atoms with Gasteiger partial charge < -0.3 is 10.1 Å². The lowest BCUT2D eigenvalue weighted by atomic mass is 10.2. The van der Waals surface area contributed by atoms with Gasteiger partial charge in [0.25, 0.3) is 0 Å². The first-order chi connectivity index (χ1) is 4.57. The number of hydrogen-bond donors (Lipinski definition) is 1. The van der Waals surface area contributed by atoms with Crippen LogP contribution in [-0.4, -0.2) is 25.3 Å². The summed E-state index contributed by atoms with van der Waals surface area (Å²) in [5.74, 6) is 0. The predicted octanol–water partition coefficient (Wildman–Crippen LogP) is 1.41. The lowest BCUT2D eigenvalue weighted by molar-refractivity contribution is 0.0860. The van der Waals surface area contributed by atoms with Crippen molar-refractivity contribution >= 4 is 0 Å². The molecule has 0 amide bonds. The van der Waals surface area contributed by atoms with Gasteiger partial charge in [-0.3, -0.25) is 0 Å². The Labute approximate surface area is 64.0 Å². The summed E-state index contributed by atoms with van der Waals surface area (Å²) >= 11 is 0. The summed E-state index contributed by atoms with van der Waals surface area (Å²) in [5, 5.41) is 3.37. The van der Waals surface area contributed by atoms with Crippen molar-refractivity contribution in [3.05, 3.63) is 0 Å². The molecule has 0 rings (SSSR count). The van der Waals surface area contributed by atoms with Crippen LogP contribution in [0, 0.1) is 0 Å². The second kappa shape index (κ2) is 4.69. The zero-order valence-corrected chi connectivity index (χ0v) is 7.64. The van der Waals surface area contributed by atoms with Crippen LogP contribution in [0.25, 0.3) is 0 Å². The van der Waals surface area contributed by atoms with Crippen molar-refractivity contribution in [2.24, 2.45) is 0 Å². The Hall–Kier alpha value is -0.0800. The first-order valence-corrected chi connectivity index (χ1v) is 3.86. The van der Waals surface area contributed by atoms with Crippen molar-refractivity contribution in [3.8, 4) is 0 Å². The van der Waals surface area contributed by atoms with E-state index in [-0.39, 0.29) is 0 Å². The maximum absolute atomic E-state index is 5.15. The summed E-state index contributed by atoms with van der Waals surface area (Å²) in [6.45, 7) is 8.48. The smallest absolute Gasteiger partial charge is 0.0693 e. The molecule has 0 aliphatic rings. The van der Waals surface area contributed by atoms with Gasteiger partial charge in [-0.05, 0) is 13.8 Å². The lowest BCUT2D eigenvalue weighted by Crippen LogP contribution is -2.40. The summed E-state index contributed by atoms with van der Waals surface area (Å²) in [6.07, 6.45) is 0.294. The normalized spacial score (nSPS) is 17.4. The molecule has 0 heterocycles. The molecule has 2 heteroatoms. The van der Waals surface area contributed by atoms with Crippen molar-refractivity contribution in [2.75, 3.05) is 7.11 Å². The summed E-state index contributed by atoms with van der Waals surface area (Å²) in [5.41, 5.74) is 0. The molecule has 62 valence electrons. The van der Waals surface area contributed by atoms with Gasteiger partial charge in [0, 0.05) is 19.2 Å². The van der Waals surface area contributed by atoms with E-state index in [1.54, 1.807) is 7.11 Å². The average molecular weight is 145 g/mol. The van der Waals surface area contributed by atoms with E-state index >= 15 is 0 Å². The van der Waals surface area contributed by atoms with Gasteiger partial charge in [-0.1, -0.05) is 13.8 Å². The van der Waals surface area contributed by atoms with E-state index in [1.165, 1.54) is 0 Å². The minimum atomic E-state index is 0.294. The molecule has 1 N–H and O–H groups in total. The molecule has 0 aromatic heterocycles. The van der Waals surface area contributed by atoms with Crippen LogP contribution in [0.5, 0.6) is 0 Å². The second-order valence-corrected chi connectivity index (χ2v) is 3.05. The fourth-order valence-corrected chi connectivity index (χ4v) is 0.865. The zero-order valence-electron chi connectivity index (χ0n) is 7.64. The van der Waals surface area contributed by atoms with Crippen LogP contribution >= 0.6 is 0 Å². The van der Waals surface area contributed by atoms with Gasteiger partial charge >= 0.3 is 0 Å². The first-order valence-electron chi connectivity index (χ1n) is 3.86. The topological polar surface area (TPSA) is 21.3 Å². The Balaban J connectivity index is 3.50. The van der Waals surface area contributed by atoms with Crippen LogP contribution in [0.15, 0.2) is 0 Å². The molecule has 0 unspecified atom stereocenters. The van der Waals surface area contributed by atoms with Crippen LogP contribution in [0.2, 0.25) is 0 Å². The average Bonchev–Trinajstić information content (AvgIpc) is 1.85. The molecule has 0 aromatic carbocycles. The SMILES string of the molecule is CO[C@H](C)[C@@H](C)NC(C)C. The van der Waals surface area contributed by atoms with Crippen LogP contribution in [-0.2, 0) is 4.74 Å². The van der Waals surface area contributed by atoms with Gasteiger partial charge in [-0.15, -0.1) is 0 Å².